The minimum absolute atomic E-state index is 0.256. The first kappa shape index (κ1) is 16.2. The van der Waals surface area contributed by atoms with Crippen LogP contribution < -0.4 is 5.32 Å². The molecule has 0 spiro atoms. The highest BCUT2D eigenvalue weighted by molar-refractivity contribution is 6.30. The van der Waals surface area contributed by atoms with Gasteiger partial charge in [0.2, 0.25) is 0 Å². The summed E-state index contributed by atoms with van der Waals surface area (Å²) in [6.45, 7) is 6.15. The average Bonchev–Trinajstić information content (AvgIpc) is 2.58. The number of hydrogen-bond acceptors (Lipinski definition) is 5. The molecule has 1 aliphatic rings. The fraction of sp³-hybridized carbons (Fsp3) is 0.412. The van der Waals surface area contributed by atoms with Crippen LogP contribution in [0.4, 0.5) is 5.82 Å². The van der Waals surface area contributed by atoms with Crippen molar-refractivity contribution in [1.29, 1.82) is 0 Å². The van der Waals surface area contributed by atoms with Crippen LogP contribution in [0.3, 0.4) is 0 Å². The first-order valence-corrected chi connectivity index (χ1v) is 8.20. The van der Waals surface area contributed by atoms with E-state index >= 15 is 0 Å². The van der Waals surface area contributed by atoms with Crippen LogP contribution in [-0.2, 0) is 4.74 Å². The number of ether oxygens (including phenoxy) is 1. The van der Waals surface area contributed by atoms with Gasteiger partial charge in [-0.05, 0) is 24.6 Å². The van der Waals surface area contributed by atoms with Gasteiger partial charge in [-0.15, -0.1) is 0 Å². The first-order valence-electron chi connectivity index (χ1n) is 7.82. The summed E-state index contributed by atoms with van der Waals surface area (Å²) in [5.74, 6) is 0.852. The predicted octanol–water partition coefficient (Wildman–Crippen LogP) is 2.92. The standard InChI is InChI=1S/C17H21ClN4O/c1-13-10-17(21-12-20-13)19-11-16(22-6-8-23-9-7-22)14-2-4-15(18)5-3-14/h2-5,10,12,16H,6-9,11H2,1H3,(H,19,20,21). The molecular formula is C17H21ClN4O. The Kier molecular flexibility index (Phi) is 5.43. The Labute approximate surface area is 141 Å². The van der Waals surface area contributed by atoms with E-state index in [9.17, 15) is 0 Å². The molecule has 1 saturated heterocycles. The van der Waals surface area contributed by atoms with Crippen LogP contribution in [0.15, 0.2) is 36.7 Å². The summed E-state index contributed by atoms with van der Waals surface area (Å²) in [5, 5.41) is 4.19. The molecule has 0 saturated carbocycles. The number of hydrogen-bond donors (Lipinski definition) is 1. The smallest absolute Gasteiger partial charge is 0.129 e. The summed E-state index contributed by atoms with van der Waals surface area (Å²) < 4.78 is 5.48. The predicted molar refractivity (Wildman–Crippen MR) is 91.8 cm³/mol. The number of benzene rings is 1. The molecule has 1 unspecified atom stereocenters. The molecule has 1 fully saturated rings. The Morgan fingerprint density at radius 3 is 2.65 bits per heavy atom. The second-order valence-corrected chi connectivity index (χ2v) is 6.08. The zero-order valence-corrected chi connectivity index (χ0v) is 14.0. The van der Waals surface area contributed by atoms with Gasteiger partial charge in [0, 0.05) is 36.4 Å². The molecule has 122 valence electrons. The number of nitrogens with zero attached hydrogens (tertiary/aromatic N) is 3. The number of aromatic nitrogens is 2. The SMILES string of the molecule is Cc1cc(NCC(c2ccc(Cl)cc2)N2CCOCC2)ncn1. The summed E-state index contributed by atoms with van der Waals surface area (Å²) in [6, 6.07) is 10.3. The van der Waals surface area contributed by atoms with Crippen molar-refractivity contribution in [1.82, 2.24) is 14.9 Å². The maximum absolute atomic E-state index is 6.03. The average molecular weight is 333 g/mol. The van der Waals surface area contributed by atoms with Gasteiger partial charge in [-0.2, -0.15) is 0 Å². The lowest BCUT2D eigenvalue weighted by molar-refractivity contribution is 0.0187. The molecule has 6 heteroatoms. The van der Waals surface area contributed by atoms with Crippen LogP contribution in [0, 0.1) is 6.92 Å². The number of anilines is 1. The molecule has 0 aliphatic carbocycles. The quantitative estimate of drug-likeness (QED) is 0.912. The molecule has 1 atom stereocenters. The molecule has 1 aromatic heterocycles. The van der Waals surface area contributed by atoms with Crippen LogP contribution in [0.1, 0.15) is 17.3 Å². The van der Waals surface area contributed by atoms with Gasteiger partial charge < -0.3 is 10.1 Å². The van der Waals surface area contributed by atoms with Crippen LogP contribution >= 0.6 is 11.6 Å². The van der Waals surface area contributed by atoms with E-state index in [0.29, 0.717) is 0 Å². The number of morpholine rings is 1. The molecule has 23 heavy (non-hydrogen) atoms. The second kappa shape index (κ2) is 7.73. The normalized spacial score (nSPS) is 17.0. The third-order valence-corrected chi connectivity index (χ3v) is 4.27. The fourth-order valence-corrected chi connectivity index (χ4v) is 2.91. The van der Waals surface area contributed by atoms with Crippen LogP contribution in [0.2, 0.25) is 5.02 Å². The van der Waals surface area contributed by atoms with Crippen LogP contribution in [0.25, 0.3) is 0 Å². The van der Waals surface area contributed by atoms with Crippen molar-refractivity contribution in [3.8, 4) is 0 Å². The third-order valence-electron chi connectivity index (χ3n) is 4.02. The lowest BCUT2D eigenvalue weighted by Gasteiger charge is -2.35. The van der Waals surface area contributed by atoms with Crippen molar-refractivity contribution in [2.75, 3.05) is 38.2 Å². The summed E-state index contributed by atoms with van der Waals surface area (Å²) >= 11 is 6.03. The van der Waals surface area contributed by atoms with Crippen molar-refractivity contribution in [3.05, 3.63) is 52.9 Å². The van der Waals surface area contributed by atoms with E-state index in [0.717, 1.165) is 49.4 Å². The van der Waals surface area contributed by atoms with E-state index in [4.69, 9.17) is 16.3 Å². The van der Waals surface area contributed by atoms with Crippen LogP contribution in [0.5, 0.6) is 0 Å². The number of nitrogens with one attached hydrogen (secondary N) is 1. The topological polar surface area (TPSA) is 50.3 Å². The van der Waals surface area contributed by atoms with Crippen LogP contribution in [-0.4, -0.2) is 47.7 Å². The highest BCUT2D eigenvalue weighted by atomic mass is 35.5. The molecular weight excluding hydrogens is 312 g/mol. The molecule has 0 radical (unpaired) electrons. The summed E-state index contributed by atoms with van der Waals surface area (Å²) in [6.07, 6.45) is 1.59. The van der Waals surface area contributed by atoms with E-state index in [1.807, 2.05) is 25.1 Å². The lowest BCUT2D eigenvalue weighted by Crippen LogP contribution is -2.41. The summed E-state index contributed by atoms with van der Waals surface area (Å²) in [4.78, 5) is 10.8. The third kappa shape index (κ3) is 4.41. The van der Waals surface area contributed by atoms with E-state index in [2.05, 4.69) is 32.3 Å². The van der Waals surface area contributed by atoms with Crippen molar-refractivity contribution in [2.24, 2.45) is 0 Å². The van der Waals surface area contributed by atoms with Crippen molar-refractivity contribution in [2.45, 2.75) is 13.0 Å². The Balaban J connectivity index is 1.75. The molecule has 0 amide bonds. The Hall–Kier alpha value is -1.69. The molecule has 0 bridgehead atoms. The van der Waals surface area contributed by atoms with Gasteiger partial charge in [0.15, 0.2) is 0 Å². The van der Waals surface area contributed by atoms with E-state index in [-0.39, 0.29) is 6.04 Å². The minimum atomic E-state index is 0.256. The Morgan fingerprint density at radius 1 is 1.22 bits per heavy atom. The number of rotatable bonds is 5. The van der Waals surface area contributed by atoms with Gasteiger partial charge in [0.25, 0.3) is 0 Å². The molecule has 1 N–H and O–H groups in total. The summed E-state index contributed by atoms with van der Waals surface area (Å²) in [5.41, 5.74) is 2.20. The van der Waals surface area contributed by atoms with Gasteiger partial charge in [0.05, 0.1) is 19.3 Å². The van der Waals surface area contributed by atoms with Gasteiger partial charge in [-0.3, -0.25) is 4.90 Å². The number of aryl methyl sites for hydroxylation is 1. The van der Waals surface area contributed by atoms with Gasteiger partial charge in [-0.1, -0.05) is 23.7 Å². The lowest BCUT2D eigenvalue weighted by atomic mass is 10.0. The van der Waals surface area contributed by atoms with E-state index in [1.165, 1.54) is 5.56 Å². The maximum atomic E-state index is 6.03. The van der Waals surface area contributed by atoms with Gasteiger partial charge in [-0.25, -0.2) is 9.97 Å². The van der Waals surface area contributed by atoms with E-state index < -0.39 is 0 Å². The monoisotopic (exact) mass is 332 g/mol. The molecule has 2 heterocycles. The Bertz CT molecular complexity index is 629. The minimum Gasteiger partial charge on any atom is -0.379 e. The number of halogens is 1. The summed E-state index contributed by atoms with van der Waals surface area (Å²) in [7, 11) is 0. The van der Waals surface area contributed by atoms with Gasteiger partial charge >= 0.3 is 0 Å². The first-order chi connectivity index (χ1) is 11.2. The zero-order chi connectivity index (χ0) is 16.1. The van der Waals surface area contributed by atoms with Crippen molar-refractivity contribution < 1.29 is 4.74 Å². The largest absolute Gasteiger partial charge is 0.379 e. The second-order valence-electron chi connectivity index (χ2n) is 5.64. The fourth-order valence-electron chi connectivity index (χ4n) is 2.78. The molecule has 1 aliphatic heterocycles. The molecule has 3 rings (SSSR count). The molecule has 2 aromatic rings. The van der Waals surface area contributed by atoms with Gasteiger partial charge in [0.1, 0.15) is 12.1 Å². The van der Waals surface area contributed by atoms with Crippen molar-refractivity contribution >= 4 is 17.4 Å². The zero-order valence-electron chi connectivity index (χ0n) is 13.2. The highest BCUT2D eigenvalue weighted by Gasteiger charge is 2.22. The van der Waals surface area contributed by atoms with Crippen molar-refractivity contribution in [3.63, 3.8) is 0 Å². The molecule has 5 nitrogen and oxygen atoms in total. The van der Waals surface area contributed by atoms with E-state index in [1.54, 1.807) is 6.33 Å². The maximum Gasteiger partial charge on any atom is 0.129 e. The Morgan fingerprint density at radius 2 is 1.96 bits per heavy atom. The highest BCUT2D eigenvalue weighted by Crippen LogP contribution is 2.24. The molecule has 1 aromatic carbocycles.